The van der Waals surface area contributed by atoms with Crippen LogP contribution < -0.4 is 21.5 Å². The Bertz CT molecular complexity index is 1230. The zero-order valence-corrected chi connectivity index (χ0v) is 16.7. The summed E-state index contributed by atoms with van der Waals surface area (Å²) in [6, 6.07) is 14.4. The summed E-state index contributed by atoms with van der Waals surface area (Å²) in [6.07, 6.45) is -1.57. The van der Waals surface area contributed by atoms with Gasteiger partial charge in [-0.1, -0.05) is 30.9 Å². The molecule has 0 saturated heterocycles. The van der Waals surface area contributed by atoms with Crippen molar-refractivity contribution >= 4 is 28.3 Å². The molecule has 9 heteroatoms. The van der Waals surface area contributed by atoms with Gasteiger partial charge in [0.25, 0.3) is 5.91 Å². The monoisotopic (exact) mass is 440 g/mol. The lowest BCUT2D eigenvalue weighted by Gasteiger charge is -2.12. The highest BCUT2D eigenvalue weighted by Gasteiger charge is 2.30. The minimum Gasteiger partial charge on any atom is -0.439 e. The largest absolute Gasteiger partial charge is 0.439 e. The molecule has 0 bridgehead atoms. The molecule has 0 aliphatic heterocycles. The molecule has 0 saturated carbocycles. The average molecular weight is 440 g/mol. The van der Waals surface area contributed by atoms with Gasteiger partial charge in [-0.15, -0.1) is 0 Å². The Kier molecular flexibility index (Phi) is 6.48. The fourth-order valence-electron chi connectivity index (χ4n) is 2.94. The molecule has 0 spiro atoms. The van der Waals surface area contributed by atoms with Crippen LogP contribution in [0.1, 0.15) is 15.9 Å². The van der Waals surface area contributed by atoms with E-state index < -0.39 is 17.6 Å². The topological polar surface area (TPSA) is 103 Å². The van der Waals surface area contributed by atoms with Crippen molar-refractivity contribution in [2.45, 2.75) is 6.18 Å². The summed E-state index contributed by atoms with van der Waals surface area (Å²) in [7, 11) is 0. The van der Waals surface area contributed by atoms with Gasteiger partial charge in [0.2, 0.25) is 5.88 Å². The van der Waals surface area contributed by atoms with Gasteiger partial charge in [0.15, 0.2) is 5.96 Å². The second-order valence-corrected chi connectivity index (χ2v) is 6.60. The Morgan fingerprint density at radius 1 is 1.06 bits per heavy atom. The highest BCUT2D eigenvalue weighted by Crippen LogP contribution is 2.31. The number of nitrogens with one attached hydrogen (secondary N) is 1. The second-order valence-electron chi connectivity index (χ2n) is 6.60. The van der Waals surface area contributed by atoms with E-state index in [0.717, 1.165) is 12.1 Å². The number of hydrogen-bond acceptors (Lipinski definition) is 3. The van der Waals surface area contributed by atoms with E-state index in [1.165, 1.54) is 24.3 Å². The highest BCUT2D eigenvalue weighted by atomic mass is 19.4. The first-order valence-corrected chi connectivity index (χ1v) is 9.29. The third-order valence-electron chi connectivity index (χ3n) is 4.27. The third-order valence-corrected chi connectivity index (χ3v) is 4.27. The van der Waals surface area contributed by atoms with Crippen molar-refractivity contribution in [3.63, 3.8) is 0 Å². The van der Waals surface area contributed by atoms with Gasteiger partial charge in [-0.2, -0.15) is 18.2 Å². The number of aliphatic imine (C=N–C) groups is 1. The summed E-state index contributed by atoms with van der Waals surface area (Å²) in [6.45, 7) is 3.57. The van der Waals surface area contributed by atoms with E-state index >= 15 is 0 Å². The molecule has 3 aromatic carbocycles. The van der Waals surface area contributed by atoms with E-state index in [0.29, 0.717) is 16.5 Å². The summed E-state index contributed by atoms with van der Waals surface area (Å²) >= 11 is 0. The number of carbonyl (C=O) groups excluding carboxylic acids is 1. The summed E-state index contributed by atoms with van der Waals surface area (Å²) in [4.78, 5) is 16.6. The van der Waals surface area contributed by atoms with Gasteiger partial charge in [0.05, 0.1) is 5.56 Å². The molecular formula is C23H19F3N4O2. The standard InChI is InChI=1S/C23H19F3N4O2/c1-2-5-20(30-22(27)28)32-17-10-11-18-14(12-17)6-3-9-19(18)21(31)29-16-8-4-7-15(13-16)23(24,25)26/h2-13H,1H2,(H,29,31)(H4,27,28,30)/b20-5+. The molecule has 6 nitrogen and oxygen atoms in total. The Morgan fingerprint density at radius 2 is 1.81 bits per heavy atom. The first kappa shape index (κ1) is 22.4. The molecule has 0 aliphatic carbocycles. The molecule has 0 fully saturated rings. The van der Waals surface area contributed by atoms with Crippen molar-refractivity contribution in [3.8, 4) is 5.75 Å². The number of halogens is 3. The van der Waals surface area contributed by atoms with Crippen LogP contribution in [0.5, 0.6) is 5.75 Å². The quantitative estimate of drug-likeness (QED) is 0.222. The summed E-state index contributed by atoms with van der Waals surface area (Å²) in [5.41, 5.74) is 10.2. The lowest BCUT2D eigenvalue weighted by atomic mass is 10.0. The average Bonchev–Trinajstić information content (AvgIpc) is 2.72. The van der Waals surface area contributed by atoms with Crippen molar-refractivity contribution in [1.82, 2.24) is 0 Å². The minimum absolute atomic E-state index is 0.0400. The van der Waals surface area contributed by atoms with Gasteiger partial charge in [-0.3, -0.25) is 4.79 Å². The zero-order chi connectivity index (χ0) is 23.3. The van der Waals surface area contributed by atoms with E-state index in [-0.39, 0.29) is 23.1 Å². The van der Waals surface area contributed by atoms with Gasteiger partial charge in [0, 0.05) is 17.3 Å². The summed E-state index contributed by atoms with van der Waals surface area (Å²) in [5, 5.41) is 3.76. The van der Waals surface area contributed by atoms with Crippen molar-refractivity contribution < 1.29 is 22.7 Å². The second kappa shape index (κ2) is 9.25. The van der Waals surface area contributed by atoms with Crippen molar-refractivity contribution in [3.05, 3.63) is 96.4 Å². The molecule has 5 N–H and O–H groups in total. The van der Waals surface area contributed by atoms with Crippen LogP contribution in [0, 0.1) is 0 Å². The molecule has 1 amide bonds. The molecule has 3 rings (SSSR count). The molecule has 0 radical (unpaired) electrons. The van der Waals surface area contributed by atoms with Crippen LogP contribution in [0.3, 0.4) is 0 Å². The van der Waals surface area contributed by atoms with E-state index in [9.17, 15) is 18.0 Å². The van der Waals surface area contributed by atoms with Crippen molar-refractivity contribution in [2.75, 3.05) is 5.32 Å². The van der Waals surface area contributed by atoms with Gasteiger partial charge in [0.1, 0.15) is 5.75 Å². The van der Waals surface area contributed by atoms with Crippen LogP contribution in [-0.4, -0.2) is 11.9 Å². The van der Waals surface area contributed by atoms with E-state index in [4.69, 9.17) is 16.2 Å². The molecule has 164 valence electrons. The number of benzene rings is 3. The molecule has 32 heavy (non-hydrogen) atoms. The maximum Gasteiger partial charge on any atom is 0.416 e. The number of carbonyl (C=O) groups is 1. The van der Waals surface area contributed by atoms with Crippen LogP contribution in [0.15, 0.2) is 90.3 Å². The zero-order valence-electron chi connectivity index (χ0n) is 16.7. The first-order valence-electron chi connectivity index (χ1n) is 9.29. The van der Waals surface area contributed by atoms with Crippen LogP contribution in [0.4, 0.5) is 18.9 Å². The predicted molar refractivity (Wildman–Crippen MR) is 118 cm³/mol. The fraction of sp³-hybridized carbons (Fsp3) is 0.0435. The van der Waals surface area contributed by atoms with Gasteiger partial charge >= 0.3 is 6.18 Å². The van der Waals surface area contributed by atoms with E-state index in [1.54, 1.807) is 36.4 Å². The van der Waals surface area contributed by atoms with Crippen molar-refractivity contribution in [2.24, 2.45) is 16.5 Å². The van der Waals surface area contributed by atoms with Gasteiger partial charge < -0.3 is 21.5 Å². The maximum atomic E-state index is 12.9. The highest BCUT2D eigenvalue weighted by molar-refractivity contribution is 6.13. The normalized spacial score (nSPS) is 11.7. The Balaban J connectivity index is 1.89. The molecule has 0 unspecified atom stereocenters. The number of ether oxygens (including phenoxy) is 1. The Labute approximate surface area is 181 Å². The number of rotatable bonds is 6. The van der Waals surface area contributed by atoms with Gasteiger partial charge in [-0.25, -0.2) is 0 Å². The smallest absolute Gasteiger partial charge is 0.416 e. The van der Waals surface area contributed by atoms with Crippen LogP contribution in [0.25, 0.3) is 10.8 Å². The number of allylic oxidation sites excluding steroid dienone is 2. The summed E-state index contributed by atoms with van der Waals surface area (Å²) in [5.74, 6) is -0.201. The SMILES string of the molecule is C=C/C=C(\N=C(N)N)Oc1ccc2c(C(=O)Nc3cccc(C(F)(F)F)c3)cccc2c1. The summed E-state index contributed by atoms with van der Waals surface area (Å²) < 4.78 is 44.4. The van der Waals surface area contributed by atoms with Crippen molar-refractivity contribution in [1.29, 1.82) is 0 Å². The molecule has 0 aromatic heterocycles. The number of anilines is 1. The third kappa shape index (κ3) is 5.45. The Morgan fingerprint density at radius 3 is 2.50 bits per heavy atom. The number of hydrogen-bond donors (Lipinski definition) is 3. The predicted octanol–water partition coefficient (Wildman–Crippen LogP) is 4.79. The number of amides is 1. The number of guanidine groups is 1. The van der Waals surface area contributed by atoms with Crippen LogP contribution >= 0.6 is 0 Å². The minimum atomic E-state index is -4.51. The van der Waals surface area contributed by atoms with Crippen LogP contribution in [-0.2, 0) is 6.18 Å². The van der Waals surface area contributed by atoms with E-state index in [2.05, 4.69) is 16.9 Å². The van der Waals surface area contributed by atoms with E-state index in [1.807, 2.05) is 0 Å². The number of nitrogens with two attached hydrogens (primary N) is 2. The first-order chi connectivity index (χ1) is 15.2. The van der Waals surface area contributed by atoms with Crippen LogP contribution in [0.2, 0.25) is 0 Å². The molecule has 3 aromatic rings. The molecule has 0 aliphatic rings. The van der Waals surface area contributed by atoms with Gasteiger partial charge in [-0.05, 0) is 53.2 Å². The number of fused-ring (bicyclic) bond motifs is 1. The molecule has 0 atom stereocenters. The number of nitrogens with zero attached hydrogens (tertiary/aromatic N) is 1. The molecule has 0 heterocycles. The fourth-order valence-corrected chi connectivity index (χ4v) is 2.94. The Hall–Kier alpha value is -4.27. The lowest BCUT2D eigenvalue weighted by Crippen LogP contribution is -2.23. The number of alkyl halides is 3. The molecular weight excluding hydrogens is 421 g/mol. The maximum absolute atomic E-state index is 12.9. The lowest BCUT2D eigenvalue weighted by molar-refractivity contribution is -0.137.